The number of hydrogen-bond acceptors (Lipinski definition) is 3. The fraction of sp³-hybridized carbons (Fsp3) is 0.857. The summed E-state index contributed by atoms with van der Waals surface area (Å²) in [4.78, 5) is 10.4. The molecule has 0 fully saturated rings. The van der Waals surface area contributed by atoms with Gasteiger partial charge in [0.15, 0.2) is 6.61 Å². The van der Waals surface area contributed by atoms with Gasteiger partial charge in [0.1, 0.15) is 0 Å². The zero-order valence-electron chi connectivity index (χ0n) is 7.98. The maximum Gasteiger partial charge on any atom is 0.508 e. The maximum absolute atomic E-state index is 12.5. The third kappa shape index (κ3) is 4.58. The highest BCUT2D eigenvalue weighted by atomic mass is 19.4. The summed E-state index contributed by atoms with van der Waals surface area (Å²) in [5, 5.41) is 0. The van der Waals surface area contributed by atoms with Gasteiger partial charge in [-0.3, -0.25) is 0 Å². The normalized spacial score (nSPS) is 14.4. The summed E-state index contributed by atoms with van der Waals surface area (Å²) >= 11 is 0. The van der Waals surface area contributed by atoms with Crippen molar-refractivity contribution in [2.75, 3.05) is 13.2 Å². The first-order valence-electron chi connectivity index (χ1n) is 3.99. The molecule has 0 bridgehead atoms. The Hall–Kier alpha value is -1.15. The molecule has 16 heavy (non-hydrogen) atoms. The molecule has 0 aromatic rings. The van der Waals surface area contributed by atoms with Crippen molar-refractivity contribution in [2.24, 2.45) is 0 Å². The first-order chi connectivity index (χ1) is 7.11. The van der Waals surface area contributed by atoms with E-state index in [2.05, 4.69) is 9.47 Å². The zero-order valence-corrected chi connectivity index (χ0v) is 7.98. The standard InChI is InChI=1S/C7H8F6O3/c1-2-15-5(14)16-3-6(9,10)4(8)7(11,12)13/h4H,2-3H2,1H3/t4-/m0/s1. The molecule has 0 N–H and O–H groups in total. The van der Waals surface area contributed by atoms with Crippen molar-refractivity contribution in [2.45, 2.75) is 25.2 Å². The monoisotopic (exact) mass is 254 g/mol. The lowest BCUT2D eigenvalue weighted by Crippen LogP contribution is -2.45. The molecule has 9 heteroatoms. The minimum Gasteiger partial charge on any atom is -0.435 e. The molecular formula is C7H8F6O3. The Bertz CT molecular complexity index is 239. The van der Waals surface area contributed by atoms with Crippen molar-refractivity contribution < 1.29 is 40.6 Å². The van der Waals surface area contributed by atoms with Gasteiger partial charge in [-0.05, 0) is 6.92 Å². The number of carbonyl (C=O) groups excluding carboxylic acids is 1. The van der Waals surface area contributed by atoms with Crippen molar-refractivity contribution >= 4 is 6.16 Å². The van der Waals surface area contributed by atoms with E-state index in [1.165, 1.54) is 6.92 Å². The van der Waals surface area contributed by atoms with Crippen molar-refractivity contribution in [3.8, 4) is 0 Å². The van der Waals surface area contributed by atoms with Crippen molar-refractivity contribution in [1.29, 1.82) is 0 Å². The number of hydrogen-bond donors (Lipinski definition) is 0. The van der Waals surface area contributed by atoms with E-state index >= 15 is 0 Å². The molecule has 96 valence electrons. The van der Waals surface area contributed by atoms with Crippen LogP contribution in [0.2, 0.25) is 0 Å². The molecule has 0 aliphatic rings. The topological polar surface area (TPSA) is 35.5 Å². The molecule has 0 rings (SSSR count). The van der Waals surface area contributed by atoms with Gasteiger partial charge < -0.3 is 9.47 Å². The maximum atomic E-state index is 12.5. The average Bonchev–Trinajstić information content (AvgIpc) is 2.13. The highest BCUT2D eigenvalue weighted by Gasteiger charge is 2.57. The van der Waals surface area contributed by atoms with Crippen LogP contribution in [-0.2, 0) is 9.47 Å². The number of halogens is 6. The minimum absolute atomic E-state index is 0.206. The molecule has 0 aromatic carbocycles. The van der Waals surface area contributed by atoms with Gasteiger partial charge in [0.25, 0.3) is 6.17 Å². The van der Waals surface area contributed by atoms with Crippen LogP contribution in [0.5, 0.6) is 0 Å². The summed E-state index contributed by atoms with van der Waals surface area (Å²) in [6.07, 6.45) is -11.7. The average molecular weight is 254 g/mol. The summed E-state index contributed by atoms with van der Waals surface area (Å²) in [6.45, 7) is -0.914. The Labute approximate surface area is 86.3 Å². The zero-order chi connectivity index (χ0) is 13.0. The molecular weight excluding hydrogens is 246 g/mol. The molecule has 0 unspecified atom stereocenters. The molecule has 0 saturated carbocycles. The second-order valence-electron chi connectivity index (χ2n) is 2.64. The lowest BCUT2D eigenvalue weighted by molar-refractivity contribution is -0.252. The van der Waals surface area contributed by atoms with Gasteiger partial charge in [0, 0.05) is 0 Å². The van der Waals surface area contributed by atoms with E-state index in [0.717, 1.165) is 0 Å². The SMILES string of the molecule is CCOC(=O)OCC(F)(F)[C@H](F)C(F)(F)F. The van der Waals surface area contributed by atoms with E-state index in [9.17, 15) is 31.1 Å². The quantitative estimate of drug-likeness (QED) is 0.571. The van der Waals surface area contributed by atoms with Gasteiger partial charge in [-0.2, -0.15) is 22.0 Å². The van der Waals surface area contributed by atoms with Gasteiger partial charge in [-0.25, -0.2) is 9.18 Å². The third-order valence-corrected chi connectivity index (χ3v) is 1.30. The molecule has 3 nitrogen and oxygen atoms in total. The summed E-state index contributed by atoms with van der Waals surface area (Å²) < 4.78 is 79.6. The molecule has 0 heterocycles. The fourth-order valence-electron chi connectivity index (χ4n) is 0.627. The second kappa shape index (κ2) is 5.26. The summed E-state index contributed by atoms with van der Waals surface area (Å²) in [5.74, 6) is -4.84. The molecule has 0 amide bonds. The van der Waals surface area contributed by atoms with Crippen LogP contribution in [0.25, 0.3) is 0 Å². The Morgan fingerprint density at radius 1 is 1.19 bits per heavy atom. The number of ether oxygens (including phenoxy) is 2. The third-order valence-electron chi connectivity index (χ3n) is 1.30. The molecule has 0 aromatic heterocycles. The van der Waals surface area contributed by atoms with Crippen LogP contribution in [0.3, 0.4) is 0 Å². The van der Waals surface area contributed by atoms with Crippen LogP contribution >= 0.6 is 0 Å². The highest BCUT2D eigenvalue weighted by molar-refractivity contribution is 5.59. The molecule has 1 atom stereocenters. The van der Waals surface area contributed by atoms with Crippen LogP contribution < -0.4 is 0 Å². The molecule has 0 aliphatic carbocycles. The Balaban J connectivity index is 4.30. The lowest BCUT2D eigenvalue weighted by atomic mass is 10.2. The number of carbonyl (C=O) groups is 1. The Morgan fingerprint density at radius 2 is 1.69 bits per heavy atom. The second-order valence-corrected chi connectivity index (χ2v) is 2.64. The van der Waals surface area contributed by atoms with E-state index in [1.807, 2.05) is 0 Å². The van der Waals surface area contributed by atoms with Crippen LogP contribution in [0, 0.1) is 0 Å². The van der Waals surface area contributed by atoms with E-state index in [1.54, 1.807) is 0 Å². The summed E-state index contributed by atoms with van der Waals surface area (Å²) in [6, 6.07) is 0. The minimum atomic E-state index is -5.72. The van der Waals surface area contributed by atoms with E-state index in [4.69, 9.17) is 0 Å². The highest BCUT2D eigenvalue weighted by Crippen LogP contribution is 2.34. The lowest BCUT2D eigenvalue weighted by Gasteiger charge is -2.21. The van der Waals surface area contributed by atoms with Crippen LogP contribution in [0.1, 0.15) is 6.92 Å². The van der Waals surface area contributed by atoms with E-state index < -0.39 is 31.0 Å². The molecule has 0 aliphatic heterocycles. The summed E-state index contributed by atoms with van der Waals surface area (Å²) in [5.41, 5.74) is 0. The molecule has 0 spiro atoms. The molecule has 0 radical (unpaired) electrons. The Morgan fingerprint density at radius 3 is 2.06 bits per heavy atom. The van der Waals surface area contributed by atoms with Crippen molar-refractivity contribution in [1.82, 2.24) is 0 Å². The van der Waals surface area contributed by atoms with Gasteiger partial charge in [0.05, 0.1) is 6.61 Å². The van der Waals surface area contributed by atoms with Gasteiger partial charge in [-0.15, -0.1) is 0 Å². The predicted molar refractivity (Wildman–Crippen MR) is 38.9 cm³/mol. The van der Waals surface area contributed by atoms with E-state index in [0.29, 0.717) is 0 Å². The van der Waals surface area contributed by atoms with E-state index in [-0.39, 0.29) is 6.61 Å². The predicted octanol–water partition coefficient (Wildman–Crippen LogP) is 2.70. The smallest absolute Gasteiger partial charge is 0.435 e. The van der Waals surface area contributed by atoms with Crippen LogP contribution in [-0.4, -0.2) is 37.6 Å². The first kappa shape index (κ1) is 14.8. The van der Waals surface area contributed by atoms with Crippen LogP contribution in [0.15, 0.2) is 0 Å². The van der Waals surface area contributed by atoms with Crippen molar-refractivity contribution in [3.05, 3.63) is 0 Å². The van der Waals surface area contributed by atoms with Crippen molar-refractivity contribution in [3.63, 3.8) is 0 Å². The Kier molecular flexibility index (Phi) is 4.88. The van der Waals surface area contributed by atoms with Gasteiger partial charge in [-0.1, -0.05) is 0 Å². The summed E-state index contributed by atoms with van der Waals surface area (Å²) in [7, 11) is 0. The number of alkyl halides is 6. The van der Waals surface area contributed by atoms with Crippen LogP contribution in [0.4, 0.5) is 31.1 Å². The largest absolute Gasteiger partial charge is 0.508 e. The number of rotatable bonds is 4. The fourth-order valence-corrected chi connectivity index (χ4v) is 0.627. The first-order valence-corrected chi connectivity index (χ1v) is 3.99. The van der Waals surface area contributed by atoms with Gasteiger partial charge in [0.2, 0.25) is 0 Å². The molecule has 0 saturated heterocycles. The van der Waals surface area contributed by atoms with Gasteiger partial charge >= 0.3 is 18.3 Å².